The Morgan fingerprint density at radius 1 is 0.714 bits per heavy atom. The number of benzene rings is 2. The quantitative estimate of drug-likeness (QED) is 0.517. The molecule has 0 fully saturated rings. The van der Waals surface area contributed by atoms with Crippen molar-refractivity contribution in [2.45, 2.75) is 0 Å². The molecule has 0 aliphatic carbocycles. The fraction of sp³-hybridized carbons (Fsp3) is 0. The van der Waals surface area contributed by atoms with Crippen molar-refractivity contribution in [3.63, 3.8) is 0 Å². The van der Waals surface area contributed by atoms with Crippen LogP contribution in [0.15, 0.2) is 72.1 Å². The molecule has 0 saturated heterocycles. The molecule has 21 heavy (non-hydrogen) atoms. The van der Waals surface area contributed by atoms with E-state index >= 15 is 0 Å². The topological polar surface area (TPSA) is 25.8 Å². The highest BCUT2D eigenvalue weighted by atomic mass is 32.1. The van der Waals surface area contributed by atoms with E-state index in [9.17, 15) is 0 Å². The number of thiophene rings is 1. The van der Waals surface area contributed by atoms with E-state index in [4.69, 9.17) is 9.97 Å². The summed E-state index contributed by atoms with van der Waals surface area (Å²) in [5.41, 5.74) is 3.03. The maximum Gasteiger partial charge on any atom is 0.160 e. The Balaban J connectivity index is 2.03. The third-order valence-corrected chi connectivity index (χ3v) is 4.27. The third-order valence-electron chi connectivity index (χ3n) is 3.39. The van der Waals surface area contributed by atoms with Gasteiger partial charge in [-0.25, -0.2) is 9.97 Å². The molecule has 2 nitrogen and oxygen atoms in total. The van der Waals surface area contributed by atoms with E-state index in [0.717, 1.165) is 28.0 Å². The maximum absolute atomic E-state index is 4.81. The Morgan fingerprint density at radius 2 is 1.52 bits per heavy atom. The molecule has 0 saturated carbocycles. The highest BCUT2D eigenvalue weighted by Crippen LogP contribution is 2.31. The van der Waals surface area contributed by atoms with Gasteiger partial charge in [0.05, 0.1) is 16.1 Å². The van der Waals surface area contributed by atoms with E-state index in [-0.39, 0.29) is 0 Å². The number of hydrogen-bond donors (Lipinski definition) is 0. The molecule has 4 aromatic rings. The summed E-state index contributed by atoms with van der Waals surface area (Å²) in [7, 11) is 0. The van der Waals surface area contributed by atoms with E-state index in [1.54, 1.807) is 11.3 Å². The molecule has 2 aromatic carbocycles. The summed E-state index contributed by atoms with van der Waals surface area (Å²) in [5.74, 6) is 0.776. The van der Waals surface area contributed by atoms with Gasteiger partial charge >= 0.3 is 0 Å². The van der Waals surface area contributed by atoms with Crippen LogP contribution < -0.4 is 0 Å². The lowest BCUT2D eigenvalue weighted by Gasteiger charge is -2.07. The third kappa shape index (κ3) is 2.22. The van der Waals surface area contributed by atoms with Crippen LogP contribution in [0.5, 0.6) is 0 Å². The second-order valence-corrected chi connectivity index (χ2v) is 5.70. The first kappa shape index (κ1) is 12.2. The fourth-order valence-corrected chi connectivity index (χ4v) is 3.12. The highest BCUT2D eigenvalue weighted by molar-refractivity contribution is 7.13. The minimum atomic E-state index is 0.776. The number of fused-ring (bicyclic) bond motifs is 1. The Bertz CT molecular complexity index is 884. The fourth-order valence-electron chi connectivity index (χ4n) is 2.39. The van der Waals surface area contributed by atoms with Gasteiger partial charge in [-0.15, -0.1) is 11.3 Å². The number of para-hydroxylation sites is 1. The van der Waals surface area contributed by atoms with Gasteiger partial charge in [0.15, 0.2) is 5.82 Å². The molecule has 2 heterocycles. The van der Waals surface area contributed by atoms with Crippen LogP contribution in [-0.4, -0.2) is 9.97 Å². The Kier molecular flexibility index (Phi) is 2.98. The molecule has 0 atom stereocenters. The van der Waals surface area contributed by atoms with Crippen LogP contribution in [0.1, 0.15) is 0 Å². The molecule has 3 heteroatoms. The van der Waals surface area contributed by atoms with Gasteiger partial charge in [0, 0.05) is 10.9 Å². The van der Waals surface area contributed by atoms with Gasteiger partial charge in [-0.1, -0.05) is 54.6 Å². The van der Waals surface area contributed by atoms with Crippen molar-refractivity contribution in [1.82, 2.24) is 9.97 Å². The zero-order valence-corrected chi connectivity index (χ0v) is 12.0. The summed E-state index contributed by atoms with van der Waals surface area (Å²) in [6.45, 7) is 0. The monoisotopic (exact) mass is 288 g/mol. The average Bonchev–Trinajstić information content (AvgIpc) is 3.09. The molecule has 4 rings (SSSR count). The summed E-state index contributed by atoms with van der Waals surface area (Å²) < 4.78 is 0. The van der Waals surface area contributed by atoms with Crippen molar-refractivity contribution in [1.29, 1.82) is 0 Å². The van der Waals surface area contributed by atoms with Crippen LogP contribution in [0.4, 0.5) is 0 Å². The van der Waals surface area contributed by atoms with Gasteiger partial charge in [-0.05, 0) is 17.5 Å². The maximum atomic E-state index is 4.81. The van der Waals surface area contributed by atoms with Crippen molar-refractivity contribution in [2.24, 2.45) is 0 Å². The number of hydrogen-bond acceptors (Lipinski definition) is 3. The standard InChI is InChI=1S/C18H12N2S/c1-2-7-13(8-3-1)18-19-15-10-5-4-9-14(15)17(20-18)16-11-6-12-21-16/h1-12H. The summed E-state index contributed by atoms with van der Waals surface area (Å²) in [6.07, 6.45) is 0. The summed E-state index contributed by atoms with van der Waals surface area (Å²) in [5, 5.41) is 3.17. The molecule has 0 aliphatic rings. The molecule has 0 aliphatic heterocycles. The number of rotatable bonds is 2. The lowest BCUT2D eigenvalue weighted by atomic mass is 10.1. The molecule has 0 bridgehead atoms. The number of nitrogens with zero attached hydrogens (tertiary/aromatic N) is 2. The Hall–Kier alpha value is -2.52. The van der Waals surface area contributed by atoms with E-state index in [1.165, 1.54) is 4.88 Å². The minimum Gasteiger partial charge on any atom is -0.228 e. The molecule has 0 unspecified atom stereocenters. The molecule has 0 spiro atoms. The molecule has 2 aromatic heterocycles. The smallest absolute Gasteiger partial charge is 0.160 e. The van der Waals surface area contributed by atoms with Crippen LogP contribution >= 0.6 is 11.3 Å². The van der Waals surface area contributed by atoms with E-state index in [0.29, 0.717) is 0 Å². The Morgan fingerprint density at radius 3 is 2.33 bits per heavy atom. The zero-order valence-electron chi connectivity index (χ0n) is 11.2. The molecule has 0 radical (unpaired) electrons. The van der Waals surface area contributed by atoms with E-state index in [1.807, 2.05) is 48.5 Å². The largest absolute Gasteiger partial charge is 0.228 e. The molecule has 100 valence electrons. The predicted molar refractivity (Wildman–Crippen MR) is 88.3 cm³/mol. The van der Waals surface area contributed by atoms with Gasteiger partial charge in [0.2, 0.25) is 0 Å². The zero-order chi connectivity index (χ0) is 14.1. The first-order valence-corrected chi connectivity index (χ1v) is 7.66. The lowest BCUT2D eigenvalue weighted by molar-refractivity contribution is 1.23. The molecular formula is C18H12N2S. The first-order chi connectivity index (χ1) is 10.4. The number of aromatic nitrogens is 2. The van der Waals surface area contributed by atoms with E-state index in [2.05, 4.69) is 23.6 Å². The minimum absolute atomic E-state index is 0.776. The van der Waals surface area contributed by atoms with Crippen LogP contribution in [-0.2, 0) is 0 Å². The van der Waals surface area contributed by atoms with Gasteiger partial charge in [-0.3, -0.25) is 0 Å². The lowest BCUT2D eigenvalue weighted by Crippen LogP contribution is -1.93. The summed E-state index contributed by atoms with van der Waals surface area (Å²) >= 11 is 1.70. The Labute approximate surface area is 126 Å². The van der Waals surface area contributed by atoms with Crippen LogP contribution in [0, 0.1) is 0 Å². The van der Waals surface area contributed by atoms with Gasteiger partial charge < -0.3 is 0 Å². The molecule has 0 amide bonds. The van der Waals surface area contributed by atoms with Crippen molar-refractivity contribution < 1.29 is 0 Å². The molecule has 0 N–H and O–H groups in total. The van der Waals surface area contributed by atoms with E-state index < -0.39 is 0 Å². The predicted octanol–water partition coefficient (Wildman–Crippen LogP) is 5.03. The van der Waals surface area contributed by atoms with Crippen molar-refractivity contribution >= 4 is 22.2 Å². The van der Waals surface area contributed by atoms with Gasteiger partial charge in [-0.2, -0.15) is 0 Å². The summed E-state index contributed by atoms with van der Waals surface area (Å²) in [6, 6.07) is 22.5. The second kappa shape index (κ2) is 5.11. The first-order valence-electron chi connectivity index (χ1n) is 6.78. The SMILES string of the molecule is c1ccc(-c2nc(-c3cccs3)c3ccccc3n2)cc1. The molecular weight excluding hydrogens is 276 g/mol. The highest BCUT2D eigenvalue weighted by Gasteiger charge is 2.11. The van der Waals surface area contributed by atoms with Crippen LogP contribution in [0.25, 0.3) is 32.9 Å². The van der Waals surface area contributed by atoms with Crippen molar-refractivity contribution in [3.05, 3.63) is 72.1 Å². The second-order valence-electron chi connectivity index (χ2n) is 4.76. The van der Waals surface area contributed by atoms with Gasteiger partial charge in [0.1, 0.15) is 0 Å². The van der Waals surface area contributed by atoms with Crippen LogP contribution in [0.3, 0.4) is 0 Å². The van der Waals surface area contributed by atoms with Crippen LogP contribution in [0.2, 0.25) is 0 Å². The van der Waals surface area contributed by atoms with Crippen molar-refractivity contribution in [2.75, 3.05) is 0 Å². The average molecular weight is 288 g/mol. The van der Waals surface area contributed by atoms with Gasteiger partial charge in [0.25, 0.3) is 0 Å². The normalized spacial score (nSPS) is 10.9. The summed E-state index contributed by atoms with van der Waals surface area (Å²) in [4.78, 5) is 10.7. The van der Waals surface area contributed by atoms with Crippen molar-refractivity contribution in [3.8, 4) is 22.0 Å².